The Balaban J connectivity index is 1.49. The van der Waals surface area contributed by atoms with E-state index >= 15 is 0 Å². The molecule has 2 heterocycles. The highest BCUT2D eigenvalue weighted by molar-refractivity contribution is 8.02. The fraction of sp³-hybridized carbons (Fsp3) is 0.238. The van der Waals surface area contributed by atoms with Crippen LogP contribution in [0.5, 0.6) is 0 Å². The Morgan fingerprint density at radius 3 is 2.66 bits per heavy atom. The summed E-state index contributed by atoms with van der Waals surface area (Å²) in [5, 5.41) is 5.32. The minimum Gasteiger partial charge on any atom is -0.298 e. The summed E-state index contributed by atoms with van der Waals surface area (Å²) < 4.78 is 23.5. The number of sulfone groups is 1. The van der Waals surface area contributed by atoms with Crippen LogP contribution >= 0.6 is 23.1 Å². The highest BCUT2D eigenvalue weighted by Gasteiger charge is 2.29. The van der Waals surface area contributed by atoms with Gasteiger partial charge in [0.05, 0.1) is 22.8 Å². The molecule has 1 amide bonds. The van der Waals surface area contributed by atoms with Gasteiger partial charge in [-0.05, 0) is 25.5 Å². The molecule has 1 saturated heterocycles. The predicted molar refractivity (Wildman–Crippen MR) is 120 cm³/mol. The first-order valence-corrected chi connectivity index (χ1v) is 12.8. The average molecular weight is 445 g/mol. The SMILES string of the molecule is Cc1ccc(-c2csc(NC(=O)c3ccccc3SC3CCS(=O)(=O)C3)n2)cc1. The van der Waals surface area contributed by atoms with Gasteiger partial charge in [-0.15, -0.1) is 23.1 Å². The number of nitrogens with zero attached hydrogens (tertiary/aromatic N) is 1. The molecule has 2 aromatic carbocycles. The van der Waals surface area contributed by atoms with Crippen LogP contribution in [-0.4, -0.2) is 36.1 Å². The Morgan fingerprint density at radius 1 is 1.17 bits per heavy atom. The second-order valence-corrected chi connectivity index (χ2v) is 11.4. The first kappa shape index (κ1) is 20.1. The Bertz CT molecular complexity index is 1140. The summed E-state index contributed by atoms with van der Waals surface area (Å²) in [5.74, 6) is 0.152. The van der Waals surface area contributed by atoms with Crippen LogP contribution in [0.4, 0.5) is 5.13 Å². The summed E-state index contributed by atoms with van der Waals surface area (Å²) in [5.41, 5.74) is 3.55. The molecule has 1 unspecified atom stereocenters. The summed E-state index contributed by atoms with van der Waals surface area (Å²) in [6.07, 6.45) is 0.620. The van der Waals surface area contributed by atoms with Crippen molar-refractivity contribution < 1.29 is 13.2 Å². The maximum absolute atomic E-state index is 12.9. The van der Waals surface area contributed by atoms with Crippen molar-refractivity contribution in [1.82, 2.24) is 4.98 Å². The molecular formula is C21H20N2O3S3. The van der Waals surface area contributed by atoms with Gasteiger partial charge < -0.3 is 0 Å². The van der Waals surface area contributed by atoms with E-state index in [1.807, 2.05) is 54.8 Å². The lowest BCUT2D eigenvalue weighted by Crippen LogP contribution is -2.14. The van der Waals surface area contributed by atoms with Crippen molar-refractivity contribution in [3.05, 3.63) is 65.0 Å². The normalized spacial score (nSPS) is 17.9. The number of thioether (sulfide) groups is 1. The molecule has 29 heavy (non-hydrogen) atoms. The Labute approximate surface area is 178 Å². The molecule has 1 aliphatic rings. The van der Waals surface area contributed by atoms with E-state index in [4.69, 9.17) is 0 Å². The van der Waals surface area contributed by atoms with Gasteiger partial charge in [-0.1, -0.05) is 42.0 Å². The quantitative estimate of drug-likeness (QED) is 0.620. The van der Waals surface area contributed by atoms with Crippen molar-refractivity contribution in [1.29, 1.82) is 0 Å². The molecule has 5 nitrogen and oxygen atoms in total. The second kappa shape index (κ2) is 8.30. The number of aryl methyl sites for hydroxylation is 1. The third-order valence-corrected chi connectivity index (χ3v) is 8.77. The topological polar surface area (TPSA) is 76.1 Å². The minimum atomic E-state index is -2.95. The van der Waals surface area contributed by atoms with Crippen LogP contribution < -0.4 is 5.32 Å². The molecule has 1 N–H and O–H groups in total. The number of thiazole rings is 1. The molecule has 1 aromatic heterocycles. The van der Waals surface area contributed by atoms with Crippen LogP contribution in [0.2, 0.25) is 0 Å². The Morgan fingerprint density at radius 2 is 1.93 bits per heavy atom. The molecule has 0 bridgehead atoms. The predicted octanol–water partition coefficient (Wildman–Crippen LogP) is 4.65. The first-order valence-electron chi connectivity index (χ1n) is 9.20. The van der Waals surface area contributed by atoms with E-state index in [0.717, 1.165) is 16.2 Å². The van der Waals surface area contributed by atoms with Crippen molar-refractivity contribution >= 4 is 44.0 Å². The van der Waals surface area contributed by atoms with Crippen LogP contribution in [0.3, 0.4) is 0 Å². The van der Waals surface area contributed by atoms with Gasteiger partial charge in [-0.25, -0.2) is 13.4 Å². The van der Waals surface area contributed by atoms with Crippen LogP contribution in [0, 0.1) is 6.92 Å². The number of benzene rings is 2. The molecule has 8 heteroatoms. The third kappa shape index (κ3) is 4.88. The van der Waals surface area contributed by atoms with Gasteiger partial charge in [-0.3, -0.25) is 10.1 Å². The van der Waals surface area contributed by atoms with E-state index in [0.29, 0.717) is 17.1 Å². The van der Waals surface area contributed by atoms with Crippen LogP contribution in [0.15, 0.2) is 58.8 Å². The second-order valence-electron chi connectivity index (χ2n) is 7.00. The summed E-state index contributed by atoms with van der Waals surface area (Å²) in [4.78, 5) is 18.2. The molecule has 1 atom stereocenters. The number of hydrogen-bond donors (Lipinski definition) is 1. The number of carbonyl (C=O) groups is 1. The zero-order valence-corrected chi connectivity index (χ0v) is 18.2. The van der Waals surface area contributed by atoms with Crippen LogP contribution in [0.1, 0.15) is 22.3 Å². The van der Waals surface area contributed by atoms with E-state index in [-0.39, 0.29) is 22.7 Å². The van der Waals surface area contributed by atoms with Crippen molar-refractivity contribution in [2.45, 2.75) is 23.5 Å². The van der Waals surface area contributed by atoms with Crippen molar-refractivity contribution in [3.63, 3.8) is 0 Å². The molecule has 0 spiro atoms. The monoisotopic (exact) mass is 444 g/mol. The molecule has 0 saturated carbocycles. The number of anilines is 1. The Kier molecular flexibility index (Phi) is 5.76. The molecule has 3 aromatic rings. The lowest BCUT2D eigenvalue weighted by atomic mass is 10.1. The van der Waals surface area contributed by atoms with Gasteiger partial charge in [0.15, 0.2) is 15.0 Å². The lowest BCUT2D eigenvalue weighted by molar-refractivity contribution is 0.102. The zero-order chi connectivity index (χ0) is 20.4. The Hall–Kier alpha value is -2.16. The minimum absolute atomic E-state index is 0.0121. The maximum Gasteiger partial charge on any atom is 0.258 e. The number of amides is 1. The molecule has 1 aliphatic heterocycles. The largest absolute Gasteiger partial charge is 0.298 e. The number of rotatable bonds is 5. The van der Waals surface area contributed by atoms with E-state index < -0.39 is 9.84 Å². The number of carbonyl (C=O) groups excluding carboxylic acids is 1. The maximum atomic E-state index is 12.9. The smallest absolute Gasteiger partial charge is 0.258 e. The molecule has 0 radical (unpaired) electrons. The van der Waals surface area contributed by atoms with E-state index in [1.165, 1.54) is 28.7 Å². The van der Waals surface area contributed by atoms with Crippen molar-refractivity contribution in [2.24, 2.45) is 0 Å². The fourth-order valence-electron chi connectivity index (χ4n) is 3.14. The van der Waals surface area contributed by atoms with Gasteiger partial charge >= 0.3 is 0 Å². The lowest BCUT2D eigenvalue weighted by Gasteiger charge is -2.12. The van der Waals surface area contributed by atoms with Gasteiger partial charge in [0.25, 0.3) is 5.91 Å². The molecule has 150 valence electrons. The number of hydrogen-bond acceptors (Lipinski definition) is 6. The molecule has 0 aliphatic carbocycles. The van der Waals surface area contributed by atoms with Crippen LogP contribution in [-0.2, 0) is 9.84 Å². The van der Waals surface area contributed by atoms with Crippen molar-refractivity contribution in [3.8, 4) is 11.3 Å². The van der Waals surface area contributed by atoms with Crippen molar-refractivity contribution in [2.75, 3.05) is 16.8 Å². The highest BCUT2D eigenvalue weighted by atomic mass is 32.2. The van der Waals surface area contributed by atoms with Gasteiger partial charge in [0.1, 0.15) is 0 Å². The molecule has 1 fully saturated rings. The van der Waals surface area contributed by atoms with Gasteiger partial charge in [-0.2, -0.15) is 0 Å². The van der Waals surface area contributed by atoms with E-state index in [9.17, 15) is 13.2 Å². The van der Waals surface area contributed by atoms with Gasteiger partial charge in [0.2, 0.25) is 0 Å². The highest BCUT2D eigenvalue weighted by Crippen LogP contribution is 2.33. The number of aromatic nitrogens is 1. The zero-order valence-electron chi connectivity index (χ0n) is 15.8. The standard InChI is InChI=1S/C21H20N2O3S3/c1-14-6-8-15(9-7-14)18-12-27-21(22-18)23-20(24)17-4-2-3-5-19(17)28-16-10-11-29(25,26)13-16/h2-9,12,16H,10-11,13H2,1H3,(H,22,23,24). The molecular weight excluding hydrogens is 424 g/mol. The first-order chi connectivity index (χ1) is 13.9. The fourth-order valence-corrected chi connectivity index (χ4v) is 7.48. The summed E-state index contributed by atoms with van der Waals surface area (Å²) in [6.45, 7) is 2.03. The number of nitrogens with one attached hydrogen (secondary N) is 1. The third-order valence-electron chi connectivity index (χ3n) is 4.69. The molecule has 4 rings (SSSR count). The summed E-state index contributed by atoms with van der Waals surface area (Å²) >= 11 is 2.85. The van der Waals surface area contributed by atoms with Gasteiger partial charge in [0, 0.05) is 21.1 Å². The summed E-state index contributed by atoms with van der Waals surface area (Å²) in [6, 6.07) is 15.4. The average Bonchev–Trinajstić information content (AvgIpc) is 3.29. The van der Waals surface area contributed by atoms with Crippen LogP contribution in [0.25, 0.3) is 11.3 Å². The summed E-state index contributed by atoms with van der Waals surface area (Å²) in [7, 11) is -2.95. The van der Waals surface area contributed by atoms with E-state index in [1.54, 1.807) is 6.07 Å². The van der Waals surface area contributed by atoms with E-state index in [2.05, 4.69) is 10.3 Å².